The molecule has 1 aromatic rings. The molecule has 128 valence electrons. The number of carbonyl (C=O) groups is 2. The number of rotatable bonds is 3. The fourth-order valence-corrected chi connectivity index (χ4v) is 3.33. The van der Waals surface area contributed by atoms with Crippen LogP contribution >= 0.6 is 0 Å². The van der Waals surface area contributed by atoms with Gasteiger partial charge in [-0.15, -0.1) is 0 Å². The van der Waals surface area contributed by atoms with Crippen LogP contribution in [0.1, 0.15) is 38.3 Å². The number of cyclic esters (lactones) is 1. The predicted molar refractivity (Wildman–Crippen MR) is 89.3 cm³/mol. The average molecular weight is 329 g/mol. The summed E-state index contributed by atoms with van der Waals surface area (Å²) in [6.07, 6.45) is 4.59. The quantitative estimate of drug-likeness (QED) is 0.797. The Morgan fingerprint density at radius 1 is 1.29 bits per heavy atom. The van der Waals surface area contributed by atoms with E-state index in [2.05, 4.69) is 13.8 Å². The molecule has 2 fully saturated rings. The lowest BCUT2D eigenvalue weighted by Crippen LogP contribution is -2.34. The molecular formula is C19H23NO4. The van der Waals surface area contributed by atoms with Gasteiger partial charge < -0.3 is 9.47 Å². The summed E-state index contributed by atoms with van der Waals surface area (Å²) in [6.45, 7) is 5.00. The van der Waals surface area contributed by atoms with Gasteiger partial charge in [-0.3, -0.25) is 4.79 Å². The molecule has 2 heterocycles. The monoisotopic (exact) mass is 329 g/mol. The summed E-state index contributed by atoms with van der Waals surface area (Å²) in [5.74, 6) is -0.0397. The Bertz CT molecular complexity index is 638. The van der Waals surface area contributed by atoms with E-state index in [4.69, 9.17) is 9.47 Å². The summed E-state index contributed by atoms with van der Waals surface area (Å²) >= 11 is 0. The molecule has 5 nitrogen and oxygen atoms in total. The van der Waals surface area contributed by atoms with Crippen LogP contribution in [0.2, 0.25) is 0 Å². The van der Waals surface area contributed by atoms with E-state index in [0.29, 0.717) is 6.61 Å². The van der Waals surface area contributed by atoms with Crippen LogP contribution in [0.15, 0.2) is 42.5 Å². The minimum Gasteiger partial charge on any atom is -0.446 e. The van der Waals surface area contributed by atoms with Crippen LogP contribution in [0, 0.1) is 5.92 Å². The lowest BCUT2D eigenvalue weighted by Gasteiger charge is -2.34. The molecule has 2 atom stereocenters. The minimum absolute atomic E-state index is 0.171. The molecule has 5 heteroatoms. The highest BCUT2D eigenvalue weighted by molar-refractivity contribution is 5.99. The number of hydrogen-bond acceptors (Lipinski definition) is 4. The zero-order valence-electron chi connectivity index (χ0n) is 14.1. The maximum Gasteiger partial charge on any atom is 0.417 e. The number of hydrogen-bond donors (Lipinski definition) is 0. The zero-order chi connectivity index (χ0) is 17.2. The van der Waals surface area contributed by atoms with Crippen LogP contribution in [-0.4, -0.2) is 35.7 Å². The van der Waals surface area contributed by atoms with E-state index in [9.17, 15) is 9.59 Å². The first-order chi connectivity index (χ1) is 11.5. The lowest BCUT2D eigenvalue weighted by molar-refractivity contribution is -0.124. The fourth-order valence-electron chi connectivity index (χ4n) is 3.33. The smallest absolute Gasteiger partial charge is 0.417 e. The second-order valence-electron chi connectivity index (χ2n) is 6.93. The summed E-state index contributed by atoms with van der Waals surface area (Å²) in [6, 6.07) is 9.12. The van der Waals surface area contributed by atoms with E-state index in [-0.39, 0.29) is 30.1 Å². The van der Waals surface area contributed by atoms with Crippen molar-refractivity contribution in [2.75, 3.05) is 13.2 Å². The first-order valence-corrected chi connectivity index (χ1v) is 8.33. The van der Waals surface area contributed by atoms with Gasteiger partial charge in [0.05, 0.1) is 5.60 Å². The number of amides is 2. The molecule has 0 saturated carbocycles. The number of imide groups is 1. The molecule has 0 N–H and O–H groups in total. The normalized spacial score (nSPS) is 26.6. The molecule has 2 amide bonds. The van der Waals surface area contributed by atoms with Gasteiger partial charge in [0, 0.05) is 6.61 Å². The summed E-state index contributed by atoms with van der Waals surface area (Å²) in [4.78, 5) is 25.7. The Morgan fingerprint density at radius 2 is 2.04 bits per heavy atom. The van der Waals surface area contributed by atoms with Gasteiger partial charge in [-0.1, -0.05) is 36.4 Å². The molecule has 0 aliphatic carbocycles. The van der Waals surface area contributed by atoms with Crippen molar-refractivity contribution < 1.29 is 19.1 Å². The van der Waals surface area contributed by atoms with Crippen molar-refractivity contribution in [3.8, 4) is 0 Å². The third kappa shape index (κ3) is 3.67. The molecule has 3 rings (SSSR count). The largest absolute Gasteiger partial charge is 0.446 e. The number of nitrogens with zero attached hydrogens (tertiary/aromatic N) is 1. The van der Waals surface area contributed by atoms with Gasteiger partial charge in [0.15, 0.2) is 0 Å². The third-order valence-electron chi connectivity index (χ3n) is 4.54. The van der Waals surface area contributed by atoms with E-state index in [1.807, 2.05) is 36.4 Å². The Hall–Kier alpha value is -2.14. The van der Waals surface area contributed by atoms with Crippen molar-refractivity contribution in [2.45, 2.75) is 38.3 Å². The molecule has 1 unspecified atom stereocenters. The topological polar surface area (TPSA) is 55.8 Å². The molecule has 0 radical (unpaired) electrons. The SMILES string of the molecule is CC1(C)CC(C=CC(=O)N2C(=O)OC[C@H]2c2ccccc2)CCO1. The predicted octanol–water partition coefficient (Wildman–Crippen LogP) is 3.47. The van der Waals surface area contributed by atoms with Gasteiger partial charge in [0.1, 0.15) is 12.6 Å². The average Bonchev–Trinajstić information content (AvgIpc) is 2.94. The molecule has 0 spiro atoms. The van der Waals surface area contributed by atoms with Crippen molar-refractivity contribution >= 4 is 12.0 Å². The van der Waals surface area contributed by atoms with Crippen molar-refractivity contribution in [3.63, 3.8) is 0 Å². The van der Waals surface area contributed by atoms with Crippen LogP contribution in [-0.2, 0) is 14.3 Å². The van der Waals surface area contributed by atoms with E-state index in [1.165, 1.54) is 11.0 Å². The molecule has 24 heavy (non-hydrogen) atoms. The Labute approximate surface area is 142 Å². The summed E-state index contributed by atoms with van der Waals surface area (Å²) in [7, 11) is 0. The lowest BCUT2D eigenvalue weighted by atomic mass is 9.88. The number of allylic oxidation sites excluding steroid dienone is 1. The molecule has 2 saturated heterocycles. The number of ether oxygens (including phenoxy) is 2. The zero-order valence-corrected chi connectivity index (χ0v) is 14.1. The van der Waals surface area contributed by atoms with E-state index in [0.717, 1.165) is 18.4 Å². The van der Waals surface area contributed by atoms with Gasteiger partial charge >= 0.3 is 6.09 Å². The highest BCUT2D eigenvalue weighted by atomic mass is 16.6. The van der Waals surface area contributed by atoms with Gasteiger partial charge in [0.2, 0.25) is 0 Å². The summed E-state index contributed by atoms with van der Waals surface area (Å²) in [5, 5.41) is 0. The highest BCUT2D eigenvalue weighted by Crippen LogP contribution is 2.30. The maximum atomic E-state index is 12.6. The van der Waals surface area contributed by atoms with Crippen molar-refractivity contribution in [1.29, 1.82) is 0 Å². The van der Waals surface area contributed by atoms with Gasteiger partial charge in [-0.2, -0.15) is 0 Å². The minimum atomic E-state index is -0.578. The van der Waals surface area contributed by atoms with Crippen LogP contribution in [0.25, 0.3) is 0 Å². The van der Waals surface area contributed by atoms with Gasteiger partial charge in [-0.05, 0) is 44.2 Å². The Morgan fingerprint density at radius 3 is 2.75 bits per heavy atom. The van der Waals surface area contributed by atoms with Crippen LogP contribution in [0.4, 0.5) is 4.79 Å². The second-order valence-corrected chi connectivity index (χ2v) is 6.93. The van der Waals surface area contributed by atoms with Crippen molar-refractivity contribution in [3.05, 3.63) is 48.0 Å². The van der Waals surface area contributed by atoms with Crippen LogP contribution in [0.5, 0.6) is 0 Å². The Kier molecular flexibility index (Phi) is 4.71. The molecule has 1 aromatic carbocycles. The van der Waals surface area contributed by atoms with Crippen molar-refractivity contribution in [1.82, 2.24) is 4.90 Å². The summed E-state index contributed by atoms with van der Waals surface area (Å²) < 4.78 is 10.8. The first-order valence-electron chi connectivity index (χ1n) is 8.33. The Balaban J connectivity index is 1.71. The van der Waals surface area contributed by atoms with E-state index < -0.39 is 6.09 Å². The highest BCUT2D eigenvalue weighted by Gasteiger charge is 2.38. The third-order valence-corrected chi connectivity index (χ3v) is 4.54. The molecular weight excluding hydrogens is 306 g/mol. The standard InChI is InChI=1S/C19H23NO4/c1-19(2)12-14(10-11-24-19)8-9-17(21)20-16(13-23-18(20)22)15-6-4-3-5-7-15/h3-9,14,16H,10-13H2,1-2H3/t14?,16-/m0/s1. The molecule has 2 aliphatic rings. The van der Waals surface area contributed by atoms with Gasteiger partial charge in [0.25, 0.3) is 5.91 Å². The molecule has 0 bridgehead atoms. The summed E-state index contributed by atoms with van der Waals surface area (Å²) in [5.41, 5.74) is 0.729. The number of benzene rings is 1. The van der Waals surface area contributed by atoms with E-state index in [1.54, 1.807) is 0 Å². The van der Waals surface area contributed by atoms with Crippen LogP contribution in [0.3, 0.4) is 0 Å². The van der Waals surface area contributed by atoms with Crippen molar-refractivity contribution in [2.24, 2.45) is 5.92 Å². The molecule has 0 aromatic heterocycles. The first kappa shape index (κ1) is 16.7. The number of carbonyl (C=O) groups excluding carboxylic acids is 2. The fraction of sp³-hybridized carbons (Fsp3) is 0.474. The maximum absolute atomic E-state index is 12.6. The van der Waals surface area contributed by atoms with E-state index >= 15 is 0 Å². The van der Waals surface area contributed by atoms with Gasteiger partial charge in [-0.25, -0.2) is 9.69 Å². The van der Waals surface area contributed by atoms with Crippen LogP contribution < -0.4 is 0 Å². The second kappa shape index (κ2) is 6.77. The molecule has 2 aliphatic heterocycles.